The Morgan fingerprint density at radius 3 is 2.72 bits per heavy atom. The molecule has 1 atom stereocenters. The van der Waals surface area contributed by atoms with E-state index in [1.165, 1.54) is 0 Å². The van der Waals surface area contributed by atoms with E-state index in [0.29, 0.717) is 6.07 Å². The molecule has 2 rings (SSSR count). The van der Waals surface area contributed by atoms with Crippen molar-refractivity contribution in [1.29, 1.82) is 0 Å². The van der Waals surface area contributed by atoms with Gasteiger partial charge in [-0.05, 0) is 12.1 Å². The zero-order valence-electron chi connectivity index (χ0n) is 8.89. The minimum atomic E-state index is -4.43. The molecule has 1 N–H and O–H groups in total. The van der Waals surface area contributed by atoms with Crippen molar-refractivity contribution in [2.24, 2.45) is 0 Å². The van der Waals surface area contributed by atoms with Gasteiger partial charge in [-0.3, -0.25) is 0 Å². The third kappa shape index (κ3) is 1.97. The summed E-state index contributed by atoms with van der Waals surface area (Å²) >= 11 is 0. The van der Waals surface area contributed by atoms with Crippen LogP contribution in [-0.2, 0) is 21.2 Å². The van der Waals surface area contributed by atoms with Crippen LogP contribution in [0.2, 0.25) is 0 Å². The average Bonchev–Trinajstić information content (AvgIpc) is 2.39. The number of carboxylic acids is 1. The summed E-state index contributed by atoms with van der Waals surface area (Å²) in [6.45, 7) is -1.13. The Hall–Kier alpha value is -1.54. The van der Waals surface area contributed by atoms with E-state index >= 15 is 0 Å². The maximum atomic E-state index is 13.6. The second-order valence-corrected chi connectivity index (χ2v) is 5.75. The van der Waals surface area contributed by atoms with Crippen LogP contribution in [0.1, 0.15) is 15.9 Å². The Bertz CT molecular complexity index is 611. The van der Waals surface area contributed by atoms with E-state index in [1.807, 2.05) is 0 Å². The van der Waals surface area contributed by atoms with E-state index in [2.05, 4.69) is 0 Å². The minimum absolute atomic E-state index is 0.347. The molecule has 1 aromatic rings. The van der Waals surface area contributed by atoms with Crippen molar-refractivity contribution in [2.45, 2.75) is 17.0 Å². The number of hydrogen-bond donors (Lipinski definition) is 1. The summed E-state index contributed by atoms with van der Waals surface area (Å²) in [5.41, 5.74) is -3.23. The molecule has 0 saturated carbocycles. The molecule has 0 bridgehead atoms. The van der Waals surface area contributed by atoms with E-state index in [0.717, 1.165) is 6.07 Å². The molecule has 0 amide bonds. The molecule has 1 aromatic carbocycles. The molecule has 0 radical (unpaired) electrons. The summed E-state index contributed by atoms with van der Waals surface area (Å²) in [4.78, 5) is 10.1. The standard InChI is InChI=1S/C10H8F2O5S/c11-7-1-5(10(13)14)2-8-6(7)3-17-4-9(12)18(8,15)16/h1-2,9H,3-4H2,(H,13,14). The smallest absolute Gasteiger partial charge is 0.335 e. The fourth-order valence-electron chi connectivity index (χ4n) is 1.61. The number of rotatable bonds is 1. The lowest BCUT2D eigenvalue weighted by molar-refractivity contribution is 0.0695. The molecule has 1 heterocycles. The van der Waals surface area contributed by atoms with Crippen molar-refractivity contribution in [2.75, 3.05) is 6.61 Å². The lowest BCUT2D eigenvalue weighted by Gasteiger charge is -2.09. The first-order chi connectivity index (χ1) is 8.34. The molecule has 1 aliphatic rings. The molecule has 98 valence electrons. The zero-order chi connectivity index (χ0) is 13.5. The molecule has 1 aliphatic heterocycles. The quantitative estimate of drug-likeness (QED) is 0.832. The van der Waals surface area contributed by atoms with Gasteiger partial charge in [0.05, 0.1) is 23.7 Å². The Morgan fingerprint density at radius 1 is 1.44 bits per heavy atom. The van der Waals surface area contributed by atoms with Crippen molar-refractivity contribution in [3.05, 3.63) is 29.1 Å². The minimum Gasteiger partial charge on any atom is -0.478 e. The summed E-state index contributed by atoms with van der Waals surface area (Å²) in [7, 11) is -4.43. The number of aromatic carboxylic acids is 1. The first kappa shape index (κ1) is 12.9. The maximum Gasteiger partial charge on any atom is 0.335 e. The first-order valence-corrected chi connectivity index (χ1v) is 6.40. The SMILES string of the molecule is O=C(O)c1cc(F)c2c(c1)S(=O)(=O)C(F)COC2. The number of hydrogen-bond acceptors (Lipinski definition) is 4. The van der Waals surface area contributed by atoms with Crippen LogP contribution in [0, 0.1) is 5.82 Å². The highest BCUT2D eigenvalue weighted by molar-refractivity contribution is 7.92. The third-order valence-electron chi connectivity index (χ3n) is 2.54. The molecule has 0 fully saturated rings. The zero-order valence-corrected chi connectivity index (χ0v) is 9.71. The molecule has 5 nitrogen and oxygen atoms in total. The van der Waals surface area contributed by atoms with E-state index < -0.39 is 50.8 Å². The molecule has 0 aromatic heterocycles. The molecule has 0 aliphatic carbocycles. The lowest BCUT2D eigenvalue weighted by atomic mass is 10.1. The van der Waals surface area contributed by atoms with Gasteiger partial charge in [0.2, 0.25) is 15.3 Å². The summed E-state index contributed by atoms with van der Waals surface area (Å²) in [6, 6.07) is 1.43. The third-order valence-corrected chi connectivity index (χ3v) is 4.33. The van der Waals surface area contributed by atoms with Crippen LogP contribution in [0.4, 0.5) is 8.78 Å². The lowest BCUT2D eigenvalue weighted by Crippen LogP contribution is -2.20. The second kappa shape index (κ2) is 4.29. The Labute approximate surface area is 101 Å². The fourth-order valence-corrected chi connectivity index (χ4v) is 2.95. The van der Waals surface area contributed by atoms with Gasteiger partial charge in [-0.2, -0.15) is 0 Å². The molecule has 1 unspecified atom stereocenters. The molecule has 0 saturated heterocycles. The number of alkyl halides is 1. The number of carboxylic acid groups (broad SMARTS) is 1. The van der Waals surface area contributed by atoms with Crippen LogP contribution in [-0.4, -0.2) is 31.6 Å². The van der Waals surface area contributed by atoms with Gasteiger partial charge >= 0.3 is 5.97 Å². The van der Waals surface area contributed by atoms with Crippen LogP contribution >= 0.6 is 0 Å². The monoisotopic (exact) mass is 278 g/mol. The predicted octanol–water partition coefficient (Wildman–Crippen LogP) is 1.12. The first-order valence-electron chi connectivity index (χ1n) is 4.85. The second-order valence-electron chi connectivity index (χ2n) is 3.71. The highest BCUT2D eigenvalue weighted by atomic mass is 32.2. The Balaban J connectivity index is 2.75. The number of halogens is 2. The van der Waals surface area contributed by atoms with Crippen molar-refractivity contribution in [3.8, 4) is 0 Å². The summed E-state index contributed by atoms with van der Waals surface area (Å²) in [6.07, 6.45) is 0. The van der Waals surface area contributed by atoms with Crippen LogP contribution in [0.25, 0.3) is 0 Å². The Morgan fingerprint density at radius 2 is 2.11 bits per heavy atom. The average molecular weight is 278 g/mol. The predicted molar refractivity (Wildman–Crippen MR) is 55.1 cm³/mol. The highest BCUT2D eigenvalue weighted by Gasteiger charge is 2.34. The van der Waals surface area contributed by atoms with Gasteiger partial charge in [0.25, 0.3) is 0 Å². The number of fused-ring (bicyclic) bond motifs is 1. The highest BCUT2D eigenvalue weighted by Crippen LogP contribution is 2.29. The van der Waals surface area contributed by atoms with E-state index in [4.69, 9.17) is 9.84 Å². The van der Waals surface area contributed by atoms with Crippen molar-refractivity contribution in [3.63, 3.8) is 0 Å². The van der Waals surface area contributed by atoms with Crippen LogP contribution < -0.4 is 0 Å². The fraction of sp³-hybridized carbons (Fsp3) is 0.300. The van der Waals surface area contributed by atoms with Crippen molar-refractivity contribution in [1.82, 2.24) is 0 Å². The van der Waals surface area contributed by atoms with E-state index in [9.17, 15) is 22.0 Å². The largest absolute Gasteiger partial charge is 0.478 e. The summed E-state index contributed by atoms with van der Waals surface area (Å²) < 4.78 is 55.2. The van der Waals surface area contributed by atoms with Gasteiger partial charge in [0.15, 0.2) is 0 Å². The van der Waals surface area contributed by atoms with Crippen LogP contribution in [0.5, 0.6) is 0 Å². The molecule has 18 heavy (non-hydrogen) atoms. The van der Waals surface area contributed by atoms with Crippen LogP contribution in [0.15, 0.2) is 17.0 Å². The van der Waals surface area contributed by atoms with Crippen LogP contribution in [0.3, 0.4) is 0 Å². The van der Waals surface area contributed by atoms with Gasteiger partial charge in [0, 0.05) is 5.56 Å². The van der Waals surface area contributed by atoms with E-state index in [-0.39, 0.29) is 5.56 Å². The maximum absolute atomic E-state index is 13.6. The van der Waals surface area contributed by atoms with Gasteiger partial charge in [-0.25, -0.2) is 22.0 Å². The summed E-state index contributed by atoms with van der Waals surface area (Å²) in [5.74, 6) is -2.53. The molecule has 8 heteroatoms. The number of benzene rings is 1. The molecular formula is C10H8F2O5S. The van der Waals surface area contributed by atoms with Gasteiger partial charge in [-0.1, -0.05) is 0 Å². The van der Waals surface area contributed by atoms with Crippen molar-refractivity contribution >= 4 is 15.8 Å². The number of ether oxygens (including phenoxy) is 1. The van der Waals surface area contributed by atoms with Gasteiger partial charge < -0.3 is 9.84 Å². The number of sulfone groups is 1. The van der Waals surface area contributed by atoms with E-state index in [1.54, 1.807) is 0 Å². The summed E-state index contributed by atoms with van der Waals surface area (Å²) in [5, 5.41) is 8.73. The van der Waals surface area contributed by atoms with Gasteiger partial charge in [0.1, 0.15) is 5.82 Å². The molecular weight excluding hydrogens is 270 g/mol. The normalized spacial score (nSPS) is 22.0. The topological polar surface area (TPSA) is 80.7 Å². The Kier molecular flexibility index (Phi) is 3.07. The number of carbonyl (C=O) groups is 1. The van der Waals surface area contributed by atoms with Gasteiger partial charge in [-0.15, -0.1) is 0 Å². The van der Waals surface area contributed by atoms with Crippen molar-refractivity contribution < 1.29 is 31.8 Å². The molecule has 0 spiro atoms.